The van der Waals surface area contributed by atoms with Crippen LogP contribution in [0.4, 0.5) is 16.7 Å². The lowest BCUT2D eigenvalue weighted by molar-refractivity contribution is -0.117. The number of carbonyl (C=O) groups excluding carboxylic acids is 2. The van der Waals surface area contributed by atoms with Crippen LogP contribution in [0.15, 0.2) is 5.16 Å². The van der Waals surface area contributed by atoms with Crippen LogP contribution in [0.5, 0.6) is 0 Å². The Morgan fingerprint density at radius 1 is 1.09 bits per heavy atom. The van der Waals surface area contributed by atoms with E-state index in [1.54, 1.807) is 0 Å². The molecule has 6 N–H and O–H groups in total. The number of nitrogens with two attached hydrogens (primary N) is 2. The lowest BCUT2D eigenvalue weighted by Crippen LogP contribution is -2.45. The first-order valence-corrected chi connectivity index (χ1v) is 8.01. The Balaban J connectivity index is 1.73. The summed E-state index contributed by atoms with van der Waals surface area (Å²) in [5, 5.41) is 5.33. The first-order chi connectivity index (χ1) is 10.5. The molecule has 0 aromatic carbocycles. The van der Waals surface area contributed by atoms with E-state index in [-0.39, 0.29) is 28.8 Å². The number of thioether (sulfide) groups is 1. The van der Waals surface area contributed by atoms with Crippen LogP contribution in [0.3, 0.4) is 0 Å². The number of imide groups is 1. The third kappa shape index (κ3) is 5.35. The van der Waals surface area contributed by atoms with E-state index in [2.05, 4.69) is 25.6 Å². The minimum absolute atomic E-state index is 0.00884. The van der Waals surface area contributed by atoms with Crippen molar-refractivity contribution >= 4 is 35.6 Å². The predicted molar refractivity (Wildman–Crippen MR) is 82.9 cm³/mol. The van der Waals surface area contributed by atoms with Crippen molar-refractivity contribution in [3.05, 3.63) is 0 Å². The van der Waals surface area contributed by atoms with Crippen LogP contribution in [0.2, 0.25) is 0 Å². The molecule has 9 nitrogen and oxygen atoms in total. The Hall–Kier alpha value is -2.10. The number of anilines is 2. The van der Waals surface area contributed by atoms with Gasteiger partial charge in [0.05, 0.1) is 5.75 Å². The highest BCUT2D eigenvalue weighted by Crippen LogP contribution is 2.17. The summed E-state index contributed by atoms with van der Waals surface area (Å²) in [6.07, 6.45) is 5.33. The Bertz CT molecular complexity index is 528. The van der Waals surface area contributed by atoms with Crippen molar-refractivity contribution in [3.8, 4) is 0 Å². The molecule has 0 bridgehead atoms. The topological polar surface area (TPSA) is 149 Å². The van der Waals surface area contributed by atoms with Crippen LogP contribution in [-0.2, 0) is 4.79 Å². The highest BCUT2D eigenvalue weighted by atomic mass is 32.2. The second-order valence-corrected chi connectivity index (χ2v) is 5.92. The third-order valence-corrected chi connectivity index (χ3v) is 4.02. The van der Waals surface area contributed by atoms with Crippen molar-refractivity contribution in [2.75, 3.05) is 17.2 Å². The molecule has 10 heteroatoms. The molecule has 0 unspecified atom stereocenters. The average Bonchev–Trinajstić information content (AvgIpc) is 2.45. The number of hydrogen-bond acceptors (Lipinski definition) is 8. The molecule has 1 aromatic heterocycles. The molecule has 0 saturated heterocycles. The molecule has 120 valence electrons. The molecule has 1 saturated carbocycles. The minimum atomic E-state index is -0.466. The average molecular weight is 325 g/mol. The largest absolute Gasteiger partial charge is 0.368 e. The van der Waals surface area contributed by atoms with E-state index in [1.807, 2.05) is 0 Å². The van der Waals surface area contributed by atoms with Crippen molar-refractivity contribution in [2.24, 2.45) is 0 Å². The molecule has 1 aromatic rings. The number of nitrogens with zero attached hydrogens (tertiary/aromatic N) is 3. The molecular weight excluding hydrogens is 306 g/mol. The fourth-order valence-corrected chi connectivity index (χ4v) is 2.86. The molecule has 2 rings (SSSR count). The van der Waals surface area contributed by atoms with Gasteiger partial charge >= 0.3 is 6.03 Å². The fourth-order valence-electron chi connectivity index (χ4n) is 2.21. The van der Waals surface area contributed by atoms with Crippen LogP contribution in [0.25, 0.3) is 0 Å². The Morgan fingerprint density at radius 2 is 1.73 bits per heavy atom. The number of carbonyl (C=O) groups is 2. The standard InChI is InChI=1S/C12H19N7O2S/c13-9-17-10(14)19-12(18-9)22-6-8(20)16-11(21)15-7-4-2-1-3-5-7/h7H,1-6H2,(H2,15,16,20,21)(H4,13,14,17,18,19). The van der Waals surface area contributed by atoms with Gasteiger partial charge in [-0.3, -0.25) is 10.1 Å². The molecule has 1 aliphatic rings. The van der Waals surface area contributed by atoms with Gasteiger partial charge in [-0.1, -0.05) is 31.0 Å². The van der Waals surface area contributed by atoms with E-state index in [9.17, 15) is 9.59 Å². The zero-order valence-electron chi connectivity index (χ0n) is 12.0. The van der Waals surface area contributed by atoms with Gasteiger partial charge in [0, 0.05) is 6.04 Å². The summed E-state index contributed by atoms with van der Waals surface area (Å²) in [5.74, 6) is -0.465. The zero-order valence-corrected chi connectivity index (χ0v) is 12.9. The summed E-state index contributed by atoms with van der Waals surface area (Å²) >= 11 is 1.03. The van der Waals surface area contributed by atoms with Crippen LogP contribution in [0, 0.1) is 0 Å². The molecule has 0 atom stereocenters. The Kier molecular flexibility index (Phi) is 5.75. The summed E-state index contributed by atoms with van der Waals surface area (Å²) in [6, 6.07) is -0.315. The van der Waals surface area contributed by atoms with E-state index >= 15 is 0 Å². The highest BCUT2D eigenvalue weighted by Gasteiger charge is 2.17. The number of nitrogen functional groups attached to an aromatic ring is 2. The molecule has 0 radical (unpaired) electrons. The van der Waals surface area contributed by atoms with Crippen molar-refractivity contribution in [1.29, 1.82) is 0 Å². The second kappa shape index (κ2) is 7.78. The maximum Gasteiger partial charge on any atom is 0.321 e. The van der Waals surface area contributed by atoms with Gasteiger partial charge in [0.2, 0.25) is 17.8 Å². The van der Waals surface area contributed by atoms with Gasteiger partial charge in [-0.05, 0) is 12.8 Å². The van der Waals surface area contributed by atoms with Crippen LogP contribution in [0.1, 0.15) is 32.1 Å². The van der Waals surface area contributed by atoms with Gasteiger partial charge in [-0.2, -0.15) is 15.0 Å². The van der Waals surface area contributed by atoms with Crippen molar-refractivity contribution in [2.45, 2.75) is 43.3 Å². The summed E-state index contributed by atoms with van der Waals surface area (Å²) in [7, 11) is 0. The van der Waals surface area contributed by atoms with Crippen LogP contribution >= 0.6 is 11.8 Å². The van der Waals surface area contributed by atoms with E-state index < -0.39 is 11.9 Å². The molecule has 1 heterocycles. The molecule has 1 aliphatic carbocycles. The maximum atomic E-state index is 11.7. The molecular formula is C12H19N7O2S. The number of urea groups is 1. The van der Waals surface area contributed by atoms with Crippen LogP contribution < -0.4 is 22.1 Å². The molecule has 0 aliphatic heterocycles. The number of nitrogens with one attached hydrogen (secondary N) is 2. The third-order valence-electron chi connectivity index (χ3n) is 3.18. The van der Waals surface area contributed by atoms with Crippen molar-refractivity contribution in [1.82, 2.24) is 25.6 Å². The summed E-state index contributed by atoms with van der Waals surface area (Å²) in [5.41, 5.74) is 10.9. The quantitative estimate of drug-likeness (QED) is 0.577. The first-order valence-electron chi connectivity index (χ1n) is 7.03. The molecule has 22 heavy (non-hydrogen) atoms. The lowest BCUT2D eigenvalue weighted by Gasteiger charge is -2.22. The van der Waals surface area contributed by atoms with Crippen molar-refractivity contribution < 1.29 is 9.59 Å². The van der Waals surface area contributed by atoms with E-state index in [4.69, 9.17) is 11.5 Å². The zero-order chi connectivity index (χ0) is 15.9. The Labute approximate surface area is 132 Å². The highest BCUT2D eigenvalue weighted by molar-refractivity contribution is 7.99. The maximum absolute atomic E-state index is 11.7. The monoisotopic (exact) mass is 325 g/mol. The number of rotatable bonds is 4. The fraction of sp³-hybridized carbons (Fsp3) is 0.583. The molecule has 3 amide bonds. The smallest absolute Gasteiger partial charge is 0.321 e. The summed E-state index contributed by atoms with van der Waals surface area (Å²) in [6.45, 7) is 0. The second-order valence-electron chi connectivity index (χ2n) is 4.98. The van der Waals surface area contributed by atoms with Gasteiger partial charge < -0.3 is 16.8 Å². The summed E-state index contributed by atoms with van der Waals surface area (Å²) in [4.78, 5) is 34.7. The van der Waals surface area contributed by atoms with Gasteiger partial charge in [0.15, 0.2) is 5.16 Å². The van der Waals surface area contributed by atoms with E-state index in [1.165, 1.54) is 6.42 Å². The minimum Gasteiger partial charge on any atom is -0.368 e. The van der Waals surface area contributed by atoms with E-state index in [0.29, 0.717) is 0 Å². The molecule has 1 fully saturated rings. The Morgan fingerprint density at radius 3 is 2.36 bits per heavy atom. The van der Waals surface area contributed by atoms with Gasteiger partial charge in [0.25, 0.3) is 0 Å². The van der Waals surface area contributed by atoms with Crippen LogP contribution in [-0.4, -0.2) is 38.7 Å². The lowest BCUT2D eigenvalue weighted by atomic mass is 9.96. The summed E-state index contributed by atoms with van der Waals surface area (Å²) < 4.78 is 0. The number of hydrogen-bond donors (Lipinski definition) is 4. The van der Waals surface area contributed by atoms with Gasteiger partial charge in [-0.15, -0.1) is 0 Å². The normalized spacial score (nSPS) is 15.3. The first kappa shape index (κ1) is 16.3. The SMILES string of the molecule is Nc1nc(N)nc(SCC(=O)NC(=O)NC2CCCCC2)n1. The van der Waals surface area contributed by atoms with Gasteiger partial charge in [0.1, 0.15) is 0 Å². The predicted octanol–water partition coefficient (Wildman–Crippen LogP) is 0.287. The number of aromatic nitrogens is 3. The number of amides is 3. The molecule has 0 spiro atoms. The van der Waals surface area contributed by atoms with Crippen molar-refractivity contribution in [3.63, 3.8) is 0 Å². The van der Waals surface area contributed by atoms with Gasteiger partial charge in [-0.25, -0.2) is 4.79 Å². The van der Waals surface area contributed by atoms with E-state index in [0.717, 1.165) is 37.4 Å².